The number of rotatable bonds is 1. The average molecular weight is 342 g/mol. The van der Waals surface area contributed by atoms with Gasteiger partial charge in [-0.2, -0.15) is 13.2 Å². The van der Waals surface area contributed by atoms with Gasteiger partial charge in [0.25, 0.3) is 9.05 Å². The highest BCUT2D eigenvalue weighted by Crippen LogP contribution is 2.36. The molecule has 0 fully saturated rings. The van der Waals surface area contributed by atoms with E-state index in [1.165, 1.54) is 0 Å². The summed E-state index contributed by atoms with van der Waals surface area (Å²) in [6, 6.07) is 0.542. The summed E-state index contributed by atoms with van der Waals surface area (Å²) < 4.78 is 71.1. The van der Waals surface area contributed by atoms with Crippen molar-refractivity contribution in [3.05, 3.63) is 28.0 Å². The number of hydrogen-bond donors (Lipinski definition) is 0. The fourth-order valence-corrected chi connectivity index (χ4v) is 3.10. The molecule has 0 spiro atoms. The molecule has 0 aromatic heterocycles. The molecule has 0 amide bonds. The van der Waals surface area contributed by atoms with Gasteiger partial charge in [0.2, 0.25) is 0 Å². The van der Waals surface area contributed by atoms with Crippen molar-refractivity contribution >= 4 is 35.7 Å². The summed E-state index contributed by atoms with van der Waals surface area (Å²) in [4.78, 5) is -0.831. The summed E-state index contributed by atoms with van der Waals surface area (Å²) in [5.74, 6) is -1.58. The standard InChI is InChI=1S/C7H2BrClF4O2S/c8-4-2-5(10)3(7(11,12)13)1-6(4)16(9,14)15/h1-2H. The van der Waals surface area contributed by atoms with E-state index in [-0.39, 0.29) is 10.5 Å². The van der Waals surface area contributed by atoms with Crippen LogP contribution in [0.25, 0.3) is 0 Å². The largest absolute Gasteiger partial charge is 0.419 e. The Hall–Kier alpha value is -0.340. The minimum Gasteiger partial charge on any atom is -0.207 e. The van der Waals surface area contributed by atoms with Crippen LogP contribution >= 0.6 is 26.6 Å². The zero-order valence-corrected chi connectivity index (χ0v) is 10.3. The van der Waals surface area contributed by atoms with Crippen LogP contribution in [0.4, 0.5) is 17.6 Å². The highest BCUT2D eigenvalue weighted by molar-refractivity contribution is 9.10. The molecule has 90 valence electrons. The summed E-state index contributed by atoms with van der Waals surface area (Å²) in [7, 11) is 0.516. The van der Waals surface area contributed by atoms with Crippen molar-refractivity contribution in [1.82, 2.24) is 0 Å². The van der Waals surface area contributed by atoms with Crippen LogP contribution in [-0.2, 0) is 15.2 Å². The summed E-state index contributed by atoms with van der Waals surface area (Å²) >= 11 is 2.61. The third kappa shape index (κ3) is 2.86. The van der Waals surface area contributed by atoms with E-state index < -0.39 is 31.5 Å². The predicted molar refractivity (Wildman–Crippen MR) is 52.1 cm³/mol. The Morgan fingerprint density at radius 1 is 1.25 bits per heavy atom. The normalized spacial score (nSPS) is 12.9. The van der Waals surface area contributed by atoms with Crippen LogP contribution in [-0.4, -0.2) is 8.42 Å². The maximum atomic E-state index is 12.9. The number of hydrogen-bond acceptors (Lipinski definition) is 2. The molecular weight excluding hydrogens is 339 g/mol. The van der Waals surface area contributed by atoms with Gasteiger partial charge in [-0.1, -0.05) is 0 Å². The fraction of sp³-hybridized carbons (Fsp3) is 0.143. The molecule has 0 aliphatic carbocycles. The molecule has 1 aromatic rings. The first kappa shape index (κ1) is 13.7. The molecule has 0 aliphatic heterocycles. The quantitative estimate of drug-likeness (QED) is 0.578. The van der Waals surface area contributed by atoms with Gasteiger partial charge in [-0.3, -0.25) is 0 Å². The van der Waals surface area contributed by atoms with E-state index in [1.807, 2.05) is 0 Å². The molecule has 9 heteroatoms. The van der Waals surface area contributed by atoms with Gasteiger partial charge in [-0.05, 0) is 28.1 Å². The van der Waals surface area contributed by atoms with Crippen molar-refractivity contribution in [2.45, 2.75) is 11.1 Å². The van der Waals surface area contributed by atoms with Crippen LogP contribution in [0.5, 0.6) is 0 Å². The van der Waals surface area contributed by atoms with Gasteiger partial charge in [-0.15, -0.1) is 0 Å². The molecule has 0 saturated carbocycles. The molecule has 0 radical (unpaired) electrons. The van der Waals surface area contributed by atoms with Crippen LogP contribution < -0.4 is 0 Å². The van der Waals surface area contributed by atoms with Crippen molar-refractivity contribution in [2.75, 3.05) is 0 Å². The van der Waals surface area contributed by atoms with Gasteiger partial charge in [-0.25, -0.2) is 12.8 Å². The number of halogens is 6. The third-order valence-electron chi connectivity index (χ3n) is 1.59. The van der Waals surface area contributed by atoms with Gasteiger partial charge >= 0.3 is 6.18 Å². The fourth-order valence-electron chi connectivity index (χ4n) is 0.933. The second-order valence-corrected chi connectivity index (χ2v) is 6.09. The van der Waals surface area contributed by atoms with E-state index in [0.717, 1.165) is 0 Å². The molecule has 1 aromatic carbocycles. The lowest BCUT2D eigenvalue weighted by molar-refractivity contribution is -0.140. The molecule has 16 heavy (non-hydrogen) atoms. The van der Waals surface area contributed by atoms with Crippen LogP contribution in [0.3, 0.4) is 0 Å². The van der Waals surface area contributed by atoms with E-state index in [1.54, 1.807) is 0 Å². The van der Waals surface area contributed by atoms with E-state index in [9.17, 15) is 26.0 Å². The Morgan fingerprint density at radius 2 is 1.75 bits per heavy atom. The van der Waals surface area contributed by atoms with Gasteiger partial charge in [0.05, 0.1) is 10.5 Å². The summed E-state index contributed by atoms with van der Waals surface area (Å²) in [5, 5.41) is 0. The van der Waals surface area contributed by atoms with Crippen molar-refractivity contribution in [3.63, 3.8) is 0 Å². The summed E-state index contributed by atoms with van der Waals surface area (Å²) in [5.41, 5.74) is -1.69. The van der Waals surface area contributed by atoms with Crippen LogP contribution in [0, 0.1) is 5.82 Å². The molecule has 0 bridgehead atoms. The molecule has 0 heterocycles. The predicted octanol–water partition coefficient (Wildman–Crippen LogP) is 3.53. The van der Waals surface area contributed by atoms with E-state index in [2.05, 4.69) is 15.9 Å². The van der Waals surface area contributed by atoms with Gasteiger partial charge in [0.15, 0.2) is 0 Å². The van der Waals surface area contributed by atoms with Crippen LogP contribution in [0.15, 0.2) is 21.5 Å². The number of alkyl halides is 3. The first-order valence-corrected chi connectivity index (χ1v) is 6.64. The second kappa shape index (κ2) is 4.15. The molecule has 1 rings (SSSR count). The average Bonchev–Trinajstić information content (AvgIpc) is 1.97. The first-order chi connectivity index (χ1) is 7.03. The smallest absolute Gasteiger partial charge is 0.207 e. The Kier molecular flexibility index (Phi) is 3.56. The monoisotopic (exact) mass is 340 g/mol. The second-order valence-electron chi connectivity index (χ2n) is 2.70. The molecule has 0 atom stereocenters. The minimum atomic E-state index is -4.99. The van der Waals surface area contributed by atoms with Gasteiger partial charge < -0.3 is 0 Å². The van der Waals surface area contributed by atoms with Crippen molar-refractivity contribution < 1.29 is 26.0 Å². The molecule has 0 unspecified atom stereocenters. The third-order valence-corrected chi connectivity index (χ3v) is 3.87. The van der Waals surface area contributed by atoms with Gasteiger partial charge in [0, 0.05) is 15.2 Å². The Morgan fingerprint density at radius 3 is 2.12 bits per heavy atom. The Balaban J connectivity index is 3.58. The van der Waals surface area contributed by atoms with Crippen LogP contribution in [0.2, 0.25) is 0 Å². The topological polar surface area (TPSA) is 34.1 Å². The molecule has 0 aliphatic rings. The van der Waals surface area contributed by atoms with Crippen LogP contribution in [0.1, 0.15) is 5.56 Å². The highest BCUT2D eigenvalue weighted by Gasteiger charge is 2.36. The lowest BCUT2D eigenvalue weighted by atomic mass is 10.2. The molecular formula is C7H2BrClF4O2S. The summed E-state index contributed by atoms with van der Waals surface area (Å²) in [6.07, 6.45) is -4.99. The van der Waals surface area contributed by atoms with Crippen molar-refractivity contribution in [1.29, 1.82) is 0 Å². The zero-order chi connectivity index (χ0) is 12.7. The number of benzene rings is 1. The highest BCUT2D eigenvalue weighted by atomic mass is 79.9. The van der Waals surface area contributed by atoms with E-state index in [4.69, 9.17) is 10.7 Å². The molecule has 2 nitrogen and oxygen atoms in total. The van der Waals surface area contributed by atoms with E-state index >= 15 is 0 Å². The molecule has 0 N–H and O–H groups in total. The molecule has 0 saturated heterocycles. The Labute approximate surface area is 101 Å². The van der Waals surface area contributed by atoms with Gasteiger partial charge in [0.1, 0.15) is 5.82 Å². The lowest BCUT2D eigenvalue weighted by Gasteiger charge is -2.10. The maximum absolute atomic E-state index is 12.9. The van der Waals surface area contributed by atoms with E-state index in [0.29, 0.717) is 6.07 Å². The lowest BCUT2D eigenvalue weighted by Crippen LogP contribution is -2.09. The van der Waals surface area contributed by atoms with Crippen molar-refractivity contribution in [2.24, 2.45) is 0 Å². The summed E-state index contributed by atoms with van der Waals surface area (Å²) in [6.45, 7) is 0. The Bertz CT molecular complexity index is 526. The minimum absolute atomic E-state index is 0.141. The van der Waals surface area contributed by atoms with Crippen molar-refractivity contribution in [3.8, 4) is 0 Å². The maximum Gasteiger partial charge on any atom is 0.419 e. The SMILES string of the molecule is O=S(=O)(Cl)c1cc(C(F)(F)F)c(F)cc1Br. The first-order valence-electron chi connectivity index (χ1n) is 3.54. The zero-order valence-electron chi connectivity index (χ0n) is 7.15.